The van der Waals surface area contributed by atoms with Gasteiger partial charge in [0.25, 0.3) is 5.69 Å². The molecule has 21 heavy (non-hydrogen) atoms. The topological polar surface area (TPSA) is 115 Å². The predicted molar refractivity (Wildman–Crippen MR) is 71.6 cm³/mol. The fourth-order valence-corrected chi connectivity index (χ4v) is 1.70. The van der Waals surface area contributed by atoms with Crippen LogP contribution in [0.25, 0.3) is 0 Å². The molecule has 0 aliphatic carbocycles. The Bertz CT molecular complexity index is 730. The van der Waals surface area contributed by atoms with Crippen molar-refractivity contribution < 1.29 is 19.6 Å². The minimum atomic E-state index is -1.19. The van der Waals surface area contributed by atoms with Gasteiger partial charge in [0.15, 0.2) is 5.69 Å². The second-order valence-corrected chi connectivity index (χ2v) is 4.29. The highest BCUT2D eigenvalue weighted by molar-refractivity contribution is 5.85. The quantitative estimate of drug-likeness (QED) is 0.678. The van der Waals surface area contributed by atoms with Gasteiger partial charge < -0.3 is 9.84 Å². The summed E-state index contributed by atoms with van der Waals surface area (Å²) < 4.78 is 5.36. The Balaban J connectivity index is 2.32. The Kier molecular flexibility index (Phi) is 3.79. The highest BCUT2D eigenvalue weighted by Crippen LogP contribution is 2.25. The number of hydrogen-bond donors (Lipinski definition) is 1. The van der Waals surface area contributed by atoms with E-state index in [2.05, 4.69) is 9.97 Å². The van der Waals surface area contributed by atoms with E-state index in [4.69, 9.17) is 9.84 Å². The largest absolute Gasteiger partial charge is 0.477 e. The molecule has 0 aliphatic heterocycles. The van der Waals surface area contributed by atoms with Crippen molar-refractivity contribution in [2.75, 3.05) is 0 Å². The molecule has 0 saturated carbocycles. The van der Waals surface area contributed by atoms with Gasteiger partial charge >= 0.3 is 12.0 Å². The Hall–Kier alpha value is -3.03. The lowest BCUT2D eigenvalue weighted by Gasteiger charge is -2.06. The first-order chi connectivity index (χ1) is 9.86. The highest BCUT2D eigenvalue weighted by atomic mass is 16.6. The Morgan fingerprint density at radius 2 is 2.00 bits per heavy atom. The van der Waals surface area contributed by atoms with E-state index in [0.29, 0.717) is 17.0 Å². The molecular weight excluding hydrogens is 278 g/mol. The third-order valence-corrected chi connectivity index (χ3v) is 2.63. The van der Waals surface area contributed by atoms with Gasteiger partial charge in [0.05, 0.1) is 4.92 Å². The van der Waals surface area contributed by atoms with Gasteiger partial charge in [0.1, 0.15) is 5.75 Å². The van der Waals surface area contributed by atoms with Crippen LogP contribution in [0.15, 0.2) is 24.3 Å². The number of ether oxygens (including phenoxy) is 1. The lowest BCUT2D eigenvalue weighted by atomic mass is 10.2. The van der Waals surface area contributed by atoms with Gasteiger partial charge in [-0.15, -0.1) is 0 Å². The number of aromatic nitrogens is 2. The molecule has 1 N–H and O–H groups in total. The molecule has 108 valence electrons. The van der Waals surface area contributed by atoms with Crippen molar-refractivity contribution in [1.82, 2.24) is 9.97 Å². The first kappa shape index (κ1) is 14.4. The fourth-order valence-electron chi connectivity index (χ4n) is 1.70. The number of aryl methyl sites for hydroxylation is 2. The zero-order valence-corrected chi connectivity index (χ0v) is 11.2. The molecule has 0 amide bonds. The van der Waals surface area contributed by atoms with Crippen LogP contribution in [-0.4, -0.2) is 26.0 Å². The van der Waals surface area contributed by atoms with E-state index in [-0.39, 0.29) is 17.4 Å². The third kappa shape index (κ3) is 3.30. The van der Waals surface area contributed by atoms with Crippen LogP contribution in [0.2, 0.25) is 0 Å². The minimum absolute atomic E-state index is 0.0289. The summed E-state index contributed by atoms with van der Waals surface area (Å²) in [6.07, 6.45) is 0. The van der Waals surface area contributed by atoms with E-state index in [1.54, 1.807) is 13.8 Å². The van der Waals surface area contributed by atoms with Crippen molar-refractivity contribution in [2.45, 2.75) is 13.8 Å². The number of nitro benzene ring substituents is 1. The highest BCUT2D eigenvalue weighted by Gasteiger charge is 2.13. The van der Waals surface area contributed by atoms with Gasteiger partial charge in [0.2, 0.25) is 0 Å². The second-order valence-electron chi connectivity index (χ2n) is 4.29. The Morgan fingerprint density at radius 1 is 1.29 bits per heavy atom. The standard InChI is InChI=1S/C13H11N3O5/c1-7-5-9(3-4-11(7)16(19)20)21-13-14-8(2)6-10(15-13)12(17)18/h3-6H,1-2H3,(H,17,18). The average molecular weight is 289 g/mol. The second kappa shape index (κ2) is 5.53. The van der Waals surface area contributed by atoms with E-state index < -0.39 is 10.9 Å². The first-order valence-corrected chi connectivity index (χ1v) is 5.88. The van der Waals surface area contributed by atoms with E-state index >= 15 is 0 Å². The van der Waals surface area contributed by atoms with Crippen LogP contribution in [0.1, 0.15) is 21.7 Å². The number of carbonyl (C=O) groups is 1. The summed E-state index contributed by atoms with van der Waals surface area (Å²) in [7, 11) is 0. The lowest BCUT2D eigenvalue weighted by Crippen LogP contribution is -2.04. The molecule has 1 aromatic carbocycles. The van der Waals surface area contributed by atoms with Crippen LogP contribution >= 0.6 is 0 Å². The van der Waals surface area contributed by atoms with Crippen LogP contribution in [0.3, 0.4) is 0 Å². The maximum Gasteiger partial charge on any atom is 0.354 e. The van der Waals surface area contributed by atoms with Crippen molar-refractivity contribution >= 4 is 11.7 Å². The molecule has 0 radical (unpaired) electrons. The number of nitro groups is 1. The molecule has 0 spiro atoms. The lowest BCUT2D eigenvalue weighted by molar-refractivity contribution is -0.385. The number of carboxylic acid groups (broad SMARTS) is 1. The molecule has 0 aliphatic rings. The molecule has 0 fully saturated rings. The summed E-state index contributed by atoms with van der Waals surface area (Å²) in [4.78, 5) is 28.9. The fraction of sp³-hybridized carbons (Fsp3) is 0.154. The first-order valence-electron chi connectivity index (χ1n) is 5.88. The Morgan fingerprint density at radius 3 is 2.57 bits per heavy atom. The molecule has 8 heteroatoms. The predicted octanol–water partition coefficient (Wildman–Crippen LogP) is 2.49. The summed E-state index contributed by atoms with van der Waals surface area (Å²) in [5.41, 5.74) is 0.648. The normalized spacial score (nSPS) is 10.2. The molecule has 0 unspecified atom stereocenters. The third-order valence-electron chi connectivity index (χ3n) is 2.63. The van der Waals surface area contributed by atoms with Crippen molar-refractivity contribution in [1.29, 1.82) is 0 Å². The van der Waals surface area contributed by atoms with Crippen molar-refractivity contribution in [3.8, 4) is 11.8 Å². The number of rotatable bonds is 4. The molecule has 2 aromatic rings. The van der Waals surface area contributed by atoms with E-state index in [0.717, 1.165) is 0 Å². The van der Waals surface area contributed by atoms with E-state index in [1.165, 1.54) is 24.3 Å². The summed E-state index contributed by atoms with van der Waals surface area (Å²) in [6.45, 7) is 3.19. The molecule has 0 saturated heterocycles. The summed E-state index contributed by atoms with van der Waals surface area (Å²) in [6, 6.07) is 5.36. The van der Waals surface area contributed by atoms with Crippen molar-refractivity contribution in [2.24, 2.45) is 0 Å². The van der Waals surface area contributed by atoms with Crippen LogP contribution in [0.4, 0.5) is 5.69 Å². The Labute approximate surface area is 119 Å². The zero-order valence-electron chi connectivity index (χ0n) is 11.2. The molecule has 1 heterocycles. The maximum absolute atomic E-state index is 10.9. The number of hydrogen-bond acceptors (Lipinski definition) is 6. The van der Waals surface area contributed by atoms with Gasteiger partial charge in [-0.3, -0.25) is 10.1 Å². The van der Waals surface area contributed by atoms with Gasteiger partial charge in [-0.2, -0.15) is 4.98 Å². The number of carboxylic acids is 1. The molecule has 2 rings (SSSR count). The molecule has 0 atom stereocenters. The smallest absolute Gasteiger partial charge is 0.354 e. The van der Waals surface area contributed by atoms with Crippen LogP contribution in [0.5, 0.6) is 11.8 Å². The van der Waals surface area contributed by atoms with Gasteiger partial charge in [-0.1, -0.05) is 0 Å². The van der Waals surface area contributed by atoms with E-state index in [1.807, 2.05) is 0 Å². The average Bonchev–Trinajstić information content (AvgIpc) is 2.37. The van der Waals surface area contributed by atoms with Gasteiger partial charge in [0, 0.05) is 17.3 Å². The summed E-state index contributed by atoms with van der Waals surface area (Å²) in [5.74, 6) is -0.898. The monoisotopic (exact) mass is 289 g/mol. The minimum Gasteiger partial charge on any atom is -0.477 e. The van der Waals surface area contributed by atoms with Crippen molar-refractivity contribution in [3.05, 3.63) is 51.3 Å². The SMILES string of the molecule is Cc1cc(C(=O)O)nc(Oc2ccc([N+](=O)[O-])c(C)c2)n1. The molecule has 0 bridgehead atoms. The summed E-state index contributed by atoms with van der Waals surface area (Å²) in [5, 5.41) is 19.7. The van der Waals surface area contributed by atoms with Gasteiger partial charge in [-0.05, 0) is 32.0 Å². The number of aromatic carboxylic acids is 1. The molecule has 8 nitrogen and oxygen atoms in total. The molecule has 1 aromatic heterocycles. The van der Waals surface area contributed by atoms with Crippen molar-refractivity contribution in [3.63, 3.8) is 0 Å². The van der Waals surface area contributed by atoms with Gasteiger partial charge in [-0.25, -0.2) is 9.78 Å². The zero-order chi connectivity index (χ0) is 15.6. The maximum atomic E-state index is 10.9. The number of nitrogens with zero attached hydrogens (tertiary/aromatic N) is 3. The van der Waals surface area contributed by atoms with Crippen LogP contribution < -0.4 is 4.74 Å². The van der Waals surface area contributed by atoms with E-state index in [9.17, 15) is 14.9 Å². The summed E-state index contributed by atoms with van der Waals surface area (Å²) >= 11 is 0. The molecular formula is C13H11N3O5. The van der Waals surface area contributed by atoms with Crippen LogP contribution in [0, 0.1) is 24.0 Å². The van der Waals surface area contributed by atoms with Crippen LogP contribution in [-0.2, 0) is 0 Å². The number of benzene rings is 1.